The van der Waals surface area contributed by atoms with Crippen LogP contribution in [0.25, 0.3) is 0 Å². The van der Waals surface area contributed by atoms with E-state index in [4.69, 9.17) is 14.0 Å². The summed E-state index contributed by atoms with van der Waals surface area (Å²) < 4.78 is 31.9. The number of hydrogen-bond donors (Lipinski definition) is 1. The molecule has 0 aliphatic carbocycles. The molecule has 0 radical (unpaired) electrons. The number of carbonyl (C=O) groups excluding carboxylic acids is 2. The van der Waals surface area contributed by atoms with Crippen molar-refractivity contribution < 1.29 is 37.6 Å². The molecule has 0 rings (SSSR count). The second-order valence-electron chi connectivity index (χ2n) is 14.1. The summed E-state index contributed by atoms with van der Waals surface area (Å²) in [6.45, 7) is 3.74. The Morgan fingerprint density at radius 1 is 0.537 bits per heavy atom. The standard InChI is InChI=1S/C45H79O8P/c1-4-6-8-10-12-14-16-18-20-22-24-25-27-29-31-33-35-37-39-44(46)51-41-43(42-52-54(48,49)50-3)53-45(47)40-38-36-34-32-30-28-26-23-21-19-17-15-13-11-9-7-5-2/h7,9,13,15,19,21,26,28,32,34,43H,4-6,8,10-12,14,16-18,20,22-25,27,29-31,33,35-42H2,1-3H3,(H,48,49)/b9-7-,15-13-,21-19-,28-26-,34-32-. The smallest absolute Gasteiger partial charge is 0.462 e. The fourth-order valence-corrected chi connectivity index (χ4v) is 6.21. The Hall–Kier alpha value is -2.25. The van der Waals surface area contributed by atoms with Crippen LogP contribution in [0.1, 0.15) is 187 Å². The number of phosphoric ester groups is 1. The van der Waals surface area contributed by atoms with Gasteiger partial charge in [0.05, 0.1) is 6.61 Å². The minimum atomic E-state index is -4.28. The van der Waals surface area contributed by atoms with E-state index >= 15 is 0 Å². The minimum absolute atomic E-state index is 0.166. The molecule has 0 heterocycles. The Kier molecular flexibility index (Phi) is 38.7. The van der Waals surface area contributed by atoms with Gasteiger partial charge < -0.3 is 14.4 Å². The second kappa shape index (κ2) is 40.4. The molecular weight excluding hydrogens is 699 g/mol. The molecule has 1 N–H and O–H groups in total. The highest BCUT2D eigenvalue weighted by Gasteiger charge is 2.24. The molecule has 8 nitrogen and oxygen atoms in total. The average molecular weight is 779 g/mol. The van der Waals surface area contributed by atoms with Crippen LogP contribution in [-0.4, -0.2) is 43.3 Å². The lowest BCUT2D eigenvalue weighted by molar-refractivity contribution is -0.161. The van der Waals surface area contributed by atoms with Gasteiger partial charge in [0.25, 0.3) is 0 Å². The van der Waals surface area contributed by atoms with Crippen molar-refractivity contribution >= 4 is 19.8 Å². The Balaban J connectivity index is 4.07. The third-order valence-corrected chi connectivity index (χ3v) is 9.96. The van der Waals surface area contributed by atoms with E-state index in [0.29, 0.717) is 12.8 Å². The van der Waals surface area contributed by atoms with E-state index < -0.39 is 26.5 Å². The molecule has 2 atom stereocenters. The summed E-state index contributed by atoms with van der Waals surface area (Å²) in [4.78, 5) is 34.4. The number of ether oxygens (including phenoxy) is 2. The first-order valence-electron chi connectivity index (χ1n) is 21.5. The Morgan fingerprint density at radius 2 is 0.944 bits per heavy atom. The Labute approximate surface area is 330 Å². The number of esters is 2. The van der Waals surface area contributed by atoms with Crippen LogP contribution >= 0.6 is 7.82 Å². The van der Waals surface area contributed by atoms with E-state index in [-0.39, 0.29) is 25.4 Å². The van der Waals surface area contributed by atoms with E-state index in [1.54, 1.807) is 0 Å². The molecule has 2 unspecified atom stereocenters. The maximum absolute atomic E-state index is 12.5. The normalized spacial score (nSPS) is 13.9. The van der Waals surface area contributed by atoms with Gasteiger partial charge in [-0.05, 0) is 51.4 Å². The lowest BCUT2D eigenvalue weighted by Crippen LogP contribution is -2.29. The van der Waals surface area contributed by atoms with Crippen molar-refractivity contribution in [2.24, 2.45) is 0 Å². The van der Waals surface area contributed by atoms with Gasteiger partial charge in [-0.2, -0.15) is 0 Å². The third kappa shape index (κ3) is 39.4. The van der Waals surface area contributed by atoms with E-state index in [2.05, 4.69) is 73.1 Å². The van der Waals surface area contributed by atoms with Crippen LogP contribution in [0.4, 0.5) is 0 Å². The maximum atomic E-state index is 12.5. The predicted molar refractivity (Wildman–Crippen MR) is 225 cm³/mol. The molecule has 9 heteroatoms. The number of allylic oxidation sites excluding steroid dienone is 10. The van der Waals surface area contributed by atoms with Crippen molar-refractivity contribution in [2.75, 3.05) is 20.3 Å². The van der Waals surface area contributed by atoms with Crippen molar-refractivity contribution in [1.29, 1.82) is 0 Å². The molecule has 0 saturated heterocycles. The van der Waals surface area contributed by atoms with Crippen molar-refractivity contribution in [3.05, 3.63) is 60.8 Å². The lowest BCUT2D eigenvalue weighted by atomic mass is 10.0. The summed E-state index contributed by atoms with van der Waals surface area (Å²) in [7, 11) is -3.23. The zero-order valence-electron chi connectivity index (χ0n) is 34.6. The zero-order valence-corrected chi connectivity index (χ0v) is 35.5. The Bertz CT molecular complexity index is 1060. The molecule has 0 aromatic heterocycles. The predicted octanol–water partition coefficient (Wildman–Crippen LogP) is 13.6. The first kappa shape index (κ1) is 51.8. The summed E-state index contributed by atoms with van der Waals surface area (Å²) >= 11 is 0. The average Bonchev–Trinajstić information content (AvgIpc) is 3.16. The number of phosphoric acid groups is 1. The van der Waals surface area contributed by atoms with Crippen molar-refractivity contribution in [1.82, 2.24) is 0 Å². The molecule has 0 amide bonds. The first-order valence-corrected chi connectivity index (χ1v) is 23.0. The van der Waals surface area contributed by atoms with Crippen LogP contribution in [0.3, 0.4) is 0 Å². The molecule has 0 aliphatic rings. The van der Waals surface area contributed by atoms with Gasteiger partial charge in [0.1, 0.15) is 6.61 Å². The van der Waals surface area contributed by atoms with Gasteiger partial charge in [0, 0.05) is 20.0 Å². The third-order valence-electron chi connectivity index (χ3n) is 9.03. The fourth-order valence-electron chi connectivity index (χ4n) is 5.75. The van der Waals surface area contributed by atoms with Crippen LogP contribution in [0.15, 0.2) is 60.8 Å². The number of unbranched alkanes of at least 4 members (excludes halogenated alkanes) is 18. The first-order chi connectivity index (χ1) is 26.3. The van der Waals surface area contributed by atoms with Crippen molar-refractivity contribution in [3.8, 4) is 0 Å². The summed E-state index contributed by atoms with van der Waals surface area (Å²) in [5.41, 5.74) is 0. The van der Waals surface area contributed by atoms with Gasteiger partial charge in [0.15, 0.2) is 6.10 Å². The Morgan fingerprint density at radius 3 is 1.39 bits per heavy atom. The second-order valence-corrected chi connectivity index (χ2v) is 15.7. The van der Waals surface area contributed by atoms with Gasteiger partial charge in [-0.1, -0.05) is 184 Å². The highest BCUT2D eigenvalue weighted by atomic mass is 31.2. The summed E-state index contributed by atoms with van der Waals surface area (Å²) in [5.74, 6) is -0.870. The summed E-state index contributed by atoms with van der Waals surface area (Å²) in [6, 6.07) is 0. The number of carbonyl (C=O) groups is 2. The molecule has 312 valence electrons. The summed E-state index contributed by atoms with van der Waals surface area (Å²) in [6.07, 6.45) is 50.0. The monoisotopic (exact) mass is 779 g/mol. The highest BCUT2D eigenvalue weighted by molar-refractivity contribution is 7.47. The lowest BCUT2D eigenvalue weighted by Gasteiger charge is -2.19. The molecule has 0 aromatic rings. The van der Waals surface area contributed by atoms with Crippen LogP contribution < -0.4 is 0 Å². The minimum Gasteiger partial charge on any atom is -0.462 e. The summed E-state index contributed by atoms with van der Waals surface area (Å²) in [5, 5.41) is 0. The SMILES string of the molecule is CC/C=C\C/C=C\C/C=C\C/C=C\C/C=C\CCCC(=O)OC(COC(=O)CCCCCCCCCCCCCCCCCCCC)COP(=O)(O)OC. The maximum Gasteiger partial charge on any atom is 0.472 e. The van der Waals surface area contributed by atoms with E-state index in [9.17, 15) is 19.0 Å². The molecular formula is C45H79O8P. The van der Waals surface area contributed by atoms with Gasteiger partial charge in [-0.3, -0.25) is 18.6 Å². The highest BCUT2D eigenvalue weighted by Crippen LogP contribution is 2.42. The van der Waals surface area contributed by atoms with Gasteiger partial charge in [-0.15, -0.1) is 0 Å². The van der Waals surface area contributed by atoms with Crippen molar-refractivity contribution in [3.63, 3.8) is 0 Å². The molecule has 0 spiro atoms. The molecule has 54 heavy (non-hydrogen) atoms. The molecule has 0 aliphatic heterocycles. The van der Waals surface area contributed by atoms with E-state index in [1.165, 1.54) is 96.3 Å². The van der Waals surface area contributed by atoms with Gasteiger partial charge in [-0.25, -0.2) is 4.57 Å². The molecule has 0 aromatic carbocycles. The largest absolute Gasteiger partial charge is 0.472 e. The van der Waals surface area contributed by atoms with Crippen LogP contribution in [0.5, 0.6) is 0 Å². The molecule has 0 fully saturated rings. The van der Waals surface area contributed by atoms with Crippen LogP contribution in [-0.2, 0) is 32.7 Å². The van der Waals surface area contributed by atoms with Gasteiger partial charge in [0.2, 0.25) is 0 Å². The molecule has 0 saturated carbocycles. The van der Waals surface area contributed by atoms with E-state index in [1.807, 2.05) is 6.08 Å². The van der Waals surface area contributed by atoms with Gasteiger partial charge >= 0.3 is 19.8 Å². The topological polar surface area (TPSA) is 108 Å². The fraction of sp³-hybridized carbons (Fsp3) is 0.733. The van der Waals surface area contributed by atoms with E-state index in [0.717, 1.165) is 58.5 Å². The van der Waals surface area contributed by atoms with Crippen LogP contribution in [0.2, 0.25) is 0 Å². The number of rotatable bonds is 39. The number of hydrogen-bond acceptors (Lipinski definition) is 7. The van der Waals surface area contributed by atoms with Crippen LogP contribution in [0, 0.1) is 0 Å². The zero-order chi connectivity index (χ0) is 39.6. The molecule has 0 bridgehead atoms. The quantitative estimate of drug-likeness (QED) is 0.0284. The van der Waals surface area contributed by atoms with Crippen molar-refractivity contribution in [2.45, 2.75) is 193 Å².